The maximum atomic E-state index is 13.1. The Bertz CT molecular complexity index is 1390. The molecule has 0 atom stereocenters. The van der Waals surface area contributed by atoms with E-state index in [0.29, 0.717) is 16.8 Å². The largest absolute Gasteiger partial charge is 0.586 e. The third-order valence-corrected chi connectivity index (χ3v) is 5.52. The van der Waals surface area contributed by atoms with Crippen LogP contribution in [0.2, 0.25) is 0 Å². The second kappa shape index (κ2) is 7.81. The highest BCUT2D eigenvalue weighted by Crippen LogP contribution is 2.42. The van der Waals surface area contributed by atoms with Gasteiger partial charge >= 0.3 is 12.3 Å². The highest BCUT2D eigenvalue weighted by atomic mass is 32.1. The number of carbonyl (C=O) groups is 2. The van der Waals surface area contributed by atoms with Crippen LogP contribution in [0.25, 0.3) is 21.7 Å². The molecule has 1 aliphatic heterocycles. The van der Waals surface area contributed by atoms with Crippen LogP contribution in [0.4, 0.5) is 14.5 Å². The zero-order valence-electron chi connectivity index (χ0n) is 16.8. The van der Waals surface area contributed by atoms with Gasteiger partial charge < -0.3 is 24.1 Å². The Balaban J connectivity index is 1.30. The first kappa shape index (κ1) is 20.8. The standard InChI is InChI=1S/C21H13F2N3O6S/c1-10-18-12(8-13(16-3-2-6-33-16)25-19(18)32-26-10)20(28)29-9-17(27)24-11-4-5-14-15(7-11)31-21(22,23)30-14/h2-8H,9H2,1H3,(H,24,27). The molecule has 12 heteroatoms. The van der Waals surface area contributed by atoms with Gasteiger partial charge in [0, 0.05) is 11.8 Å². The van der Waals surface area contributed by atoms with Gasteiger partial charge in [0.25, 0.3) is 11.6 Å². The van der Waals surface area contributed by atoms with Crippen LogP contribution < -0.4 is 14.8 Å². The maximum Gasteiger partial charge on any atom is 0.586 e. The molecule has 3 aromatic heterocycles. The number of amides is 1. The number of ether oxygens (including phenoxy) is 3. The fraction of sp³-hybridized carbons (Fsp3) is 0.143. The van der Waals surface area contributed by atoms with E-state index < -0.39 is 24.8 Å². The number of nitrogens with one attached hydrogen (secondary N) is 1. The molecule has 33 heavy (non-hydrogen) atoms. The number of alkyl halides is 2. The van der Waals surface area contributed by atoms with Gasteiger partial charge in [0.15, 0.2) is 18.1 Å². The van der Waals surface area contributed by atoms with E-state index >= 15 is 0 Å². The Morgan fingerprint density at radius 2 is 2.00 bits per heavy atom. The minimum absolute atomic E-state index is 0.153. The van der Waals surface area contributed by atoms with Crippen LogP contribution in [0.1, 0.15) is 16.1 Å². The second-order valence-corrected chi connectivity index (χ2v) is 7.88. The van der Waals surface area contributed by atoms with Crippen LogP contribution in [0.3, 0.4) is 0 Å². The summed E-state index contributed by atoms with van der Waals surface area (Å²) in [7, 11) is 0. The topological polar surface area (TPSA) is 113 Å². The van der Waals surface area contributed by atoms with Gasteiger partial charge in [-0.3, -0.25) is 4.79 Å². The summed E-state index contributed by atoms with van der Waals surface area (Å²) in [5.74, 6) is -1.83. The van der Waals surface area contributed by atoms with Crippen LogP contribution in [0, 0.1) is 6.92 Å². The van der Waals surface area contributed by atoms with Crippen LogP contribution in [0.15, 0.2) is 46.3 Å². The smallest absolute Gasteiger partial charge is 0.452 e. The van der Waals surface area contributed by atoms with Crippen molar-refractivity contribution in [2.24, 2.45) is 0 Å². The summed E-state index contributed by atoms with van der Waals surface area (Å²) < 4.78 is 45.3. The van der Waals surface area contributed by atoms with E-state index in [9.17, 15) is 18.4 Å². The minimum Gasteiger partial charge on any atom is -0.452 e. The normalized spacial score (nSPS) is 13.8. The molecule has 1 N–H and O–H groups in total. The average Bonchev–Trinajstić information content (AvgIpc) is 3.49. The first-order valence-electron chi connectivity index (χ1n) is 9.47. The van der Waals surface area contributed by atoms with Crippen molar-refractivity contribution >= 4 is 40.0 Å². The number of hydrogen-bond acceptors (Lipinski definition) is 9. The molecular formula is C21H13F2N3O6S. The number of pyridine rings is 1. The van der Waals surface area contributed by atoms with Gasteiger partial charge in [-0.05, 0) is 36.6 Å². The monoisotopic (exact) mass is 473 g/mol. The number of esters is 1. The molecule has 0 radical (unpaired) electrons. The van der Waals surface area contributed by atoms with E-state index in [1.54, 1.807) is 13.0 Å². The van der Waals surface area contributed by atoms with Crippen molar-refractivity contribution in [2.75, 3.05) is 11.9 Å². The van der Waals surface area contributed by atoms with Crippen molar-refractivity contribution in [2.45, 2.75) is 13.2 Å². The zero-order valence-corrected chi connectivity index (χ0v) is 17.6. The molecule has 0 fully saturated rings. The second-order valence-electron chi connectivity index (χ2n) is 6.93. The number of anilines is 1. The minimum atomic E-state index is -3.77. The maximum absolute atomic E-state index is 13.1. The number of aromatic nitrogens is 2. The van der Waals surface area contributed by atoms with E-state index in [0.717, 1.165) is 4.88 Å². The average molecular weight is 473 g/mol. The number of fused-ring (bicyclic) bond motifs is 2. The molecule has 9 nitrogen and oxygen atoms in total. The summed E-state index contributed by atoms with van der Waals surface area (Å²) in [4.78, 5) is 30.3. The molecule has 0 bridgehead atoms. The lowest BCUT2D eigenvalue weighted by Crippen LogP contribution is -2.25. The lowest BCUT2D eigenvalue weighted by Gasteiger charge is -2.08. The van der Waals surface area contributed by atoms with E-state index in [4.69, 9.17) is 9.26 Å². The first-order chi connectivity index (χ1) is 15.8. The van der Waals surface area contributed by atoms with Crippen molar-refractivity contribution in [3.05, 3.63) is 53.0 Å². The van der Waals surface area contributed by atoms with Crippen molar-refractivity contribution in [3.8, 4) is 22.1 Å². The molecule has 0 saturated carbocycles. The summed E-state index contributed by atoms with van der Waals surface area (Å²) in [5, 5.41) is 8.55. The highest BCUT2D eigenvalue weighted by molar-refractivity contribution is 7.13. The number of halogens is 2. The third-order valence-electron chi connectivity index (χ3n) is 4.63. The third kappa shape index (κ3) is 4.07. The molecule has 0 aliphatic carbocycles. The highest BCUT2D eigenvalue weighted by Gasteiger charge is 2.43. The van der Waals surface area contributed by atoms with Gasteiger partial charge in [0.05, 0.1) is 27.2 Å². The summed E-state index contributed by atoms with van der Waals surface area (Å²) in [6.45, 7) is 1.04. The molecule has 0 unspecified atom stereocenters. The van der Waals surface area contributed by atoms with Crippen LogP contribution in [-0.2, 0) is 9.53 Å². The molecule has 1 amide bonds. The van der Waals surface area contributed by atoms with Gasteiger partial charge in [0.2, 0.25) is 0 Å². The Morgan fingerprint density at radius 3 is 2.79 bits per heavy atom. The van der Waals surface area contributed by atoms with Crippen molar-refractivity contribution < 1.29 is 37.1 Å². The number of hydrogen-bond donors (Lipinski definition) is 1. The van der Waals surface area contributed by atoms with Crippen molar-refractivity contribution in [3.63, 3.8) is 0 Å². The number of rotatable bonds is 5. The molecular weight excluding hydrogens is 460 g/mol. The van der Waals surface area contributed by atoms with Gasteiger partial charge in [-0.15, -0.1) is 20.1 Å². The van der Waals surface area contributed by atoms with Crippen LogP contribution in [0.5, 0.6) is 11.5 Å². The molecule has 1 aliphatic rings. The number of nitrogens with zero attached hydrogens (tertiary/aromatic N) is 2. The molecule has 1 aromatic carbocycles. The first-order valence-corrected chi connectivity index (χ1v) is 10.3. The Labute approximate surface area is 187 Å². The van der Waals surface area contributed by atoms with Gasteiger partial charge in [-0.2, -0.15) is 0 Å². The lowest BCUT2D eigenvalue weighted by atomic mass is 10.1. The number of aryl methyl sites for hydroxylation is 1. The zero-order chi connectivity index (χ0) is 23.2. The molecule has 4 heterocycles. The molecule has 0 spiro atoms. The van der Waals surface area contributed by atoms with Crippen LogP contribution in [-0.4, -0.2) is 34.9 Å². The summed E-state index contributed by atoms with van der Waals surface area (Å²) in [5.41, 5.74) is 1.44. The molecule has 0 saturated heterocycles. The van der Waals surface area contributed by atoms with E-state index in [1.165, 1.54) is 29.5 Å². The fourth-order valence-electron chi connectivity index (χ4n) is 3.24. The van der Waals surface area contributed by atoms with Gasteiger partial charge in [0.1, 0.15) is 0 Å². The summed E-state index contributed by atoms with van der Waals surface area (Å²) >= 11 is 1.43. The summed E-state index contributed by atoms with van der Waals surface area (Å²) in [6, 6.07) is 8.99. The number of benzene rings is 1. The Hall–Kier alpha value is -4.06. The number of carbonyl (C=O) groups excluding carboxylic acids is 2. The lowest BCUT2D eigenvalue weighted by molar-refractivity contribution is -0.286. The van der Waals surface area contributed by atoms with E-state index in [-0.39, 0.29) is 28.5 Å². The molecule has 168 valence electrons. The van der Waals surface area contributed by atoms with E-state index in [2.05, 4.69) is 24.9 Å². The quantitative estimate of drug-likeness (QED) is 0.425. The molecule has 4 aromatic rings. The van der Waals surface area contributed by atoms with E-state index in [1.807, 2.05) is 17.5 Å². The summed E-state index contributed by atoms with van der Waals surface area (Å²) in [6.07, 6.45) is -3.77. The predicted octanol–water partition coefficient (Wildman–Crippen LogP) is 4.38. The molecule has 5 rings (SSSR count). The van der Waals surface area contributed by atoms with Gasteiger partial charge in [-0.1, -0.05) is 11.2 Å². The van der Waals surface area contributed by atoms with Crippen molar-refractivity contribution in [1.82, 2.24) is 10.1 Å². The Kier molecular flexibility index (Phi) is 4.93. The fourth-order valence-corrected chi connectivity index (χ4v) is 3.93. The SMILES string of the molecule is Cc1noc2nc(-c3cccs3)cc(C(=O)OCC(=O)Nc3ccc4c(c3)OC(F)(F)O4)c12. The number of thiophene rings is 1. The van der Waals surface area contributed by atoms with Gasteiger partial charge in [-0.25, -0.2) is 9.78 Å². The Morgan fingerprint density at radius 1 is 1.18 bits per heavy atom. The van der Waals surface area contributed by atoms with Crippen molar-refractivity contribution in [1.29, 1.82) is 0 Å². The van der Waals surface area contributed by atoms with Crippen LogP contribution >= 0.6 is 11.3 Å². The predicted molar refractivity (Wildman–Crippen MR) is 111 cm³/mol.